The molecule has 1 rings (SSSR count). The van der Waals surface area contributed by atoms with Crippen LogP contribution in [0.25, 0.3) is 0 Å². The fraction of sp³-hybridized carbons (Fsp3) is 0.571. The molecule has 0 amide bonds. The lowest BCUT2D eigenvalue weighted by molar-refractivity contribution is 0.152. The smallest absolute Gasteiger partial charge is 0.118 e. The van der Waals surface area contributed by atoms with E-state index in [-0.39, 0.29) is 5.48 Å². The van der Waals surface area contributed by atoms with Crippen LogP contribution in [0.2, 0.25) is 0 Å². The Morgan fingerprint density at radius 3 is 1.95 bits per heavy atom. The van der Waals surface area contributed by atoms with Crippen molar-refractivity contribution in [1.29, 1.82) is 0 Å². The largest absolute Gasteiger partial charge is 0.497 e. The zero-order valence-electron chi connectivity index (χ0n) is 12.8. The third-order valence-electron chi connectivity index (χ3n) is 2.83. The molecule has 0 heterocycles. The van der Waals surface area contributed by atoms with Crippen molar-refractivity contribution in [3.05, 3.63) is 29.8 Å². The van der Waals surface area contributed by atoms with Gasteiger partial charge in [0.1, 0.15) is 5.75 Å². The van der Waals surface area contributed by atoms with Crippen molar-refractivity contribution in [2.24, 2.45) is 0 Å². The Hall–Kier alpha value is -0.990. The fourth-order valence-corrected chi connectivity index (χ4v) is 2.87. The van der Waals surface area contributed by atoms with Crippen LogP contribution in [0.1, 0.15) is 5.56 Å². The SMILES string of the molecule is COCCN(CCOC)S(=O)Cc1ccc(OC)cc1.O. The second kappa shape index (κ2) is 11.6. The Labute approximate surface area is 128 Å². The van der Waals surface area contributed by atoms with Gasteiger partial charge in [-0.05, 0) is 17.7 Å². The van der Waals surface area contributed by atoms with Gasteiger partial charge in [0.15, 0.2) is 0 Å². The first kappa shape index (κ1) is 20.0. The van der Waals surface area contributed by atoms with Crippen molar-refractivity contribution in [1.82, 2.24) is 4.31 Å². The molecule has 122 valence electrons. The molecule has 0 aliphatic heterocycles. The van der Waals surface area contributed by atoms with Gasteiger partial charge in [-0.25, -0.2) is 8.51 Å². The molecule has 0 aromatic heterocycles. The Morgan fingerprint density at radius 1 is 1.00 bits per heavy atom. The highest BCUT2D eigenvalue weighted by atomic mass is 32.2. The van der Waals surface area contributed by atoms with Crippen LogP contribution in [-0.4, -0.2) is 61.6 Å². The maximum atomic E-state index is 12.4. The van der Waals surface area contributed by atoms with Crippen LogP contribution in [0.4, 0.5) is 0 Å². The van der Waals surface area contributed by atoms with Gasteiger partial charge in [-0.2, -0.15) is 0 Å². The summed E-state index contributed by atoms with van der Waals surface area (Å²) in [5.41, 5.74) is 1.02. The van der Waals surface area contributed by atoms with Crippen LogP contribution in [-0.2, 0) is 26.2 Å². The lowest BCUT2D eigenvalue weighted by Gasteiger charge is -2.20. The number of methoxy groups -OCH3 is 3. The first-order valence-electron chi connectivity index (χ1n) is 6.45. The third kappa shape index (κ3) is 7.54. The molecule has 6 nitrogen and oxygen atoms in total. The average molecular weight is 319 g/mol. The van der Waals surface area contributed by atoms with Gasteiger partial charge in [0.05, 0.1) is 37.1 Å². The highest BCUT2D eigenvalue weighted by Crippen LogP contribution is 2.13. The topological polar surface area (TPSA) is 79.5 Å². The lowest BCUT2D eigenvalue weighted by Crippen LogP contribution is -2.33. The summed E-state index contributed by atoms with van der Waals surface area (Å²) in [7, 11) is 3.82. The minimum atomic E-state index is -1.09. The maximum Gasteiger partial charge on any atom is 0.118 e. The molecule has 1 unspecified atom stereocenters. The normalized spacial score (nSPS) is 12.0. The average Bonchev–Trinajstić information content (AvgIpc) is 2.48. The number of hydrogen-bond acceptors (Lipinski definition) is 4. The number of hydrogen-bond donors (Lipinski definition) is 0. The summed E-state index contributed by atoms with van der Waals surface area (Å²) in [6, 6.07) is 7.62. The summed E-state index contributed by atoms with van der Waals surface area (Å²) in [6.45, 7) is 2.36. The summed E-state index contributed by atoms with van der Waals surface area (Å²) in [6.07, 6.45) is 0. The molecule has 0 bridgehead atoms. The molecule has 0 spiro atoms. The maximum absolute atomic E-state index is 12.4. The predicted molar refractivity (Wildman–Crippen MR) is 83.8 cm³/mol. The Bertz CT molecular complexity index is 391. The van der Waals surface area contributed by atoms with E-state index in [1.807, 2.05) is 28.6 Å². The molecule has 2 N–H and O–H groups in total. The molecule has 0 radical (unpaired) electrons. The monoisotopic (exact) mass is 319 g/mol. The minimum absolute atomic E-state index is 0. The summed E-state index contributed by atoms with van der Waals surface area (Å²) < 4.78 is 29.5. The predicted octanol–water partition coefficient (Wildman–Crippen LogP) is 0.629. The molecule has 0 saturated carbocycles. The van der Waals surface area contributed by atoms with Gasteiger partial charge in [0, 0.05) is 27.3 Å². The first-order valence-corrected chi connectivity index (χ1v) is 7.73. The number of benzene rings is 1. The van der Waals surface area contributed by atoms with Gasteiger partial charge >= 0.3 is 0 Å². The van der Waals surface area contributed by atoms with Crippen LogP contribution < -0.4 is 4.74 Å². The Balaban J connectivity index is 0.00000400. The van der Waals surface area contributed by atoms with E-state index in [9.17, 15) is 4.21 Å². The van der Waals surface area contributed by atoms with E-state index in [1.165, 1.54) is 0 Å². The van der Waals surface area contributed by atoms with E-state index in [4.69, 9.17) is 14.2 Å². The quantitative estimate of drug-likeness (QED) is 0.633. The van der Waals surface area contributed by atoms with E-state index < -0.39 is 11.0 Å². The van der Waals surface area contributed by atoms with E-state index >= 15 is 0 Å². The molecule has 0 saturated heterocycles. The van der Waals surface area contributed by atoms with Gasteiger partial charge in [-0.15, -0.1) is 0 Å². The summed E-state index contributed by atoms with van der Waals surface area (Å²) in [4.78, 5) is 0. The van der Waals surface area contributed by atoms with Crippen molar-refractivity contribution in [3.63, 3.8) is 0 Å². The number of nitrogens with zero attached hydrogens (tertiary/aromatic N) is 1. The highest BCUT2D eigenvalue weighted by molar-refractivity contribution is 7.81. The van der Waals surface area contributed by atoms with E-state index in [1.54, 1.807) is 21.3 Å². The van der Waals surface area contributed by atoms with Crippen molar-refractivity contribution < 1.29 is 23.9 Å². The van der Waals surface area contributed by atoms with Crippen molar-refractivity contribution >= 4 is 11.0 Å². The van der Waals surface area contributed by atoms with Crippen molar-refractivity contribution in [3.8, 4) is 5.75 Å². The first-order chi connectivity index (χ1) is 9.71. The van der Waals surface area contributed by atoms with Crippen LogP contribution in [0.5, 0.6) is 5.75 Å². The second-order valence-corrected chi connectivity index (χ2v) is 5.68. The van der Waals surface area contributed by atoms with Gasteiger partial charge in [-0.3, -0.25) is 0 Å². The molecule has 0 aliphatic carbocycles. The van der Waals surface area contributed by atoms with Gasteiger partial charge in [0.25, 0.3) is 0 Å². The molecule has 21 heavy (non-hydrogen) atoms. The van der Waals surface area contributed by atoms with Gasteiger partial charge in [-0.1, -0.05) is 12.1 Å². The summed E-state index contributed by atoms with van der Waals surface area (Å²) in [5, 5.41) is 0. The van der Waals surface area contributed by atoms with E-state index in [0.29, 0.717) is 32.1 Å². The van der Waals surface area contributed by atoms with Crippen LogP contribution in [0.15, 0.2) is 24.3 Å². The van der Waals surface area contributed by atoms with Crippen LogP contribution in [0.3, 0.4) is 0 Å². The molecule has 1 aromatic rings. The van der Waals surface area contributed by atoms with Crippen LogP contribution in [0, 0.1) is 0 Å². The number of rotatable bonds is 10. The van der Waals surface area contributed by atoms with Crippen LogP contribution >= 0.6 is 0 Å². The molecular weight excluding hydrogens is 294 g/mol. The molecule has 1 atom stereocenters. The second-order valence-electron chi connectivity index (χ2n) is 4.23. The van der Waals surface area contributed by atoms with Gasteiger partial charge in [0.2, 0.25) is 0 Å². The highest BCUT2D eigenvalue weighted by Gasteiger charge is 2.13. The molecule has 0 aliphatic rings. The molecular formula is C14H25NO5S. The fourth-order valence-electron chi connectivity index (χ4n) is 1.66. The number of ether oxygens (including phenoxy) is 3. The third-order valence-corrected chi connectivity index (χ3v) is 4.35. The zero-order chi connectivity index (χ0) is 14.8. The van der Waals surface area contributed by atoms with Crippen molar-refractivity contribution in [2.45, 2.75) is 5.75 Å². The molecule has 0 fully saturated rings. The Morgan fingerprint density at radius 2 is 1.52 bits per heavy atom. The van der Waals surface area contributed by atoms with E-state index in [0.717, 1.165) is 11.3 Å². The van der Waals surface area contributed by atoms with Crippen molar-refractivity contribution in [2.75, 3.05) is 47.6 Å². The Kier molecular flexibility index (Phi) is 11.1. The summed E-state index contributed by atoms with van der Waals surface area (Å²) >= 11 is 0. The summed E-state index contributed by atoms with van der Waals surface area (Å²) in [5.74, 6) is 1.28. The van der Waals surface area contributed by atoms with Gasteiger partial charge < -0.3 is 19.7 Å². The van der Waals surface area contributed by atoms with E-state index in [2.05, 4.69) is 0 Å². The molecule has 7 heteroatoms. The lowest BCUT2D eigenvalue weighted by atomic mass is 10.2. The molecule has 1 aromatic carbocycles. The zero-order valence-corrected chi connectivity index (χ0v) is 13.6. The standard InChI is InChI=1S/C14H23NO4S.H2O/c1-17-10-8-15(9-11-18-2)20(16)12-13-4-6-14(19-3)7-5-13;/h4-7H,8-12H2,1-3H3;1H2. The minimum Gasteiger partial charge on any atom is -0.497 e.